The van der Waals surface area contributed by atoms with Crippen molar-refractivity contribution in [2.24, 2.45) is 0 Å². The van der Waals surface area contributed by atoms with Gasteiger partial charge >= 0.3 is 5.97 Å². The minimum absolute atomic E-state index is 0.340. The number of ether oxygens (including phenoxy) is 2. The summed E-state index contributed by atoms with van der Waals surface area (Å²) in [6, 6.07) is 15.1. The first-order valence-electron chi connectivity index (χ1n) is 7.19. The van der Waals surface area contributed by atoms with Crippen molar-refractivity contribution in [2.45, 2.75) is 13.2 Å². The first-order valence-corrected chi connectivity index (χ1v) is 7.19. The van der Waals surface area contributed by atoms with Crippen LogP contribution in [0.25, 0.3) is 21.5 Å². The standard InChI is InChI=1S/C19H16O4/c1-3-19(21)23-16-7-9-18-14(11-16)5-4-13-10-15(22-12(2)20)6-8-17(13)18/h3-11,19,21H,1H2,2H3. The Bertz CT molecular complexity index is 898. The molecule has 0 bridgehead atoms. The lowest BCUT2D eigenvalue weighted by molar-refractivity contribution is -0.131. The summed E-state index contributed by atoms with van der Waals surface area (Å²) in [6.45, 7) is 4.86. The first kappa shape index (κ1) is 15.1. The van der Waals surface area contributed by atoms with Crippen LogP contribution in [-0.4, -0.2) is 17.4 Å². The van der Waals surface area contributed by atoms with Crippen molar-refractivity contribution in [3.63, 3.8) is 0 Å². The average Bonchev–Trinajstić information content (AvgIpc) is 2.53. The van der Waals surface area contributed by atoms with E-state index in [4.69, 9.17) is 9.47 Å². The second-order valence-corrected chi connectivity index (χ2v) is 5.17. The fourth-order valence-corrected chi connectivity index (χ4v) is 2.52. The summed E-state index contributed by atoms with van der Waals surface area (Å²) < 4.78 is 10.4. The van der Waals surface area contributed by atoms with Gasteiger partial charge in [0.1, 0.15) is 11.5 Å². The fourth-order valence-electron chi connectivity index (χ4n) is 2.52. The van der Waals surface area contributed by atoms with Crippen molar-refractivity contribution < 1.29 is 19.4 Å². The van der Waals surface area contributed by atoms with Gasteiger partial charge < -0.3 is 14.6 Å². The molecule has 116 valence electrons. The molecule has 0 spiro atoms. The Morgan fingerprint density at radius 3 is 2.17 bits per heavy atom. The second kappa shape index (κ2) is 6.10. The third-order valence-corrected chi connectivity index (χ3v) is 3.50. The molecule has 4 heteroatoms. The topological polar surface area (TPSA) is 55.8 Å². The molecule has 4 nitrogen and oxygen atoms in total. The van der Waals surface area contributed by atoms with Gasteiger partial charge in [0.25, 0.3) is 0 Å². The highest BCUT2D eigenvalue weighted by Crippen LogP contribution is 2.30. The SMILES string of the molecule is C=CC(O)Oc1ccc2c(ccc3cc(OC(C)=O)ccc32)c1. The molecule has 0 saturated carbocycles. The van der Waals surface area contributed by atoms with Crippen LogP contribution in [0.1, 0.15) is 6.92 Å². The minimum atomic E-state index is -1.03. The number of benzene rings is 3. The normalized spacial score (nSPS) is 12.1. The fraction of sp³-hybridized carbons (Fsp3) is 0.105. The zero-order valence-electron chi connectivity index (χ0n) is 12.7. The van der Waals surface area contributed by atoms with Crippen molar-refractivity contribution in [2.75, 3.05) is 0 Å². The summed E-state index contributed by atoms with van der Waals surface area (Å²) in [4.78, 5) is 11.0. The van der Waals surface area contributed by atoms with Gasteiger partial charge in [0.2, 0.25) is 6.29 Å². The van der Waals surface area contributed by atoms with Gasteiger partial charge in [-0.05, 0) is 51.9 Å². The molecular formula is C19H16O4. The zero-order valence-corrected chi connectivity index (χ0v) is 12.7. The van der Waals surface area contributed by atoms with Crippen LogP contribution in [0.4, 0.5) is 0 Å². The summed E-state index contributed by atoms with van der Waals surface area (Å²) in [5.41, 5.74) is 0. The van der Waals surface area contributed by atoms with Crippen LogP contribution >= 0.6 is 0 Å². The number of hydrogen-bond donors (Lipinski definition) is 1. The van der Waals surface area contributed by atoms with Crippen LogP contribution in [-0.2, 0) is 4.79 Å². The van der Waals surface area contributed by atoms with E-state index in [0.29, 0.717) is 11.5 Å². The van der Waals surface area contributed by atoms with Crippen LogP contribution < -0.4 is 9.47 Å². The van der Waals surface area contributed by atoms with E-state index in [9.17, 15) is 9.90 Å². The van der Waals surface area contributed by atoms with Gasteiger partial charge in [-0.25, -0.2) is 0 Å². The molecule has 3 aromatic rings. The molecule has 1 atom stereocenters. The zero-order chi connectivity index (χ0) is 16.4. The Balaban J connectivity index is 2.05. The average molecular weight is 308 g/mol. The minimum Gasteiger partial charge on any atom is -0.461 e. The third kappa shape index (κ3) is 3.17. The summed E-state index contributed by atoms with van der Waals surface area (Å²) in [6.07, 6.45) is 0.292. The predicted molar refractivity (Wildman–Crippen MR) is 89.6 cm³/mol. The molecule has 1 N–H and O–H groups in total. The monoisotopic (exact) mass is 308 g/mol. The molecule has 0 radical (unpaired) electrons. The first-order chi connectivity index (χ1) is 11.1. The lowest BCUT2D eigenvalue weighted by Gasteiger charge is -2.11. The van der Waals surface area contributed by atoms with Crippen molar-refractivity contribution in [1.82, 2.24) is 0 Å². The number of carbonyl (C=O) groups is 1. The lowest BCUT2D eigenvalue weighted by atomic mass is 10.0. The third-order valence-electron chi connectivity index (χ3n) is 3.50. The van der Waals surface area contributed by atoms with E-state index in [1.165, 1.54) is 13.0 Å². The Kier molecular flexibility index (Phi) is 4.00. The van der Waals surface area contributed by atoms with E-state index in [2.05, 4.69) is 6.58 Å². The molecule has 0 fully saturated rings. The Morgan fingerprint density at radius 2 is 1.61 bits per heavy atom. The molecule has 1 unspecified atom stereocenters. The van der Waals surface area contributed by atoms with Crippen LogP contribution in [0.15, 0.2) is 61.2 Å². The Hall–Kier alpha value is -2.85. The van der Waals surface area contributed by atoms with E-state index in [1.54, 1.807) is 12.1 Å². The van der Waals surface area contributed by atoms with Gasteiger partial charge in [-0.15, -0.1) is 0 Å². The maximum absolute atomic E-state index is 11.0. The van der Waals surface area contributed by atoms with Crippen molar-refractivity contribution >= 4 is 27.5 Å². The lowest BCUT2D eigenvalue weighted by Crippen LogP contribution is -2.10. The van der Waals surface area contributed by atoms with E-state index >= 15 is 0 Å². The summed E-state index contributed by atoms with van der Waals surface area (Å²) in [5, 5.41) is 13.6. The molecule has 0 aliphatic rings. The Morgan fingerprint density at radius 1 is 1.04 bits per heavy atom. The van der Waals surface area contributed by atoms with E-state index in [1.807, 2.05) is 36.4 Å². The van der Waals surface area contributed by atoms with Crippen LogP contribution in [0.5, 0.6) is 11.5 Å². The van der Waals surface area contributed by atoms with E-state index < -0.39 is 6.29 Å². The number of carbonyl (C=O) groups excluding carboxylic acids is 1. The second-order valence-electron chi connectivity index (χ2n) is 5.17. The molecule has 0 aromatic heterocycles. The highest BCUT2D eigenvalue weighted by Gasteiger charge is 2.06. The number of rotatable bonds is 4. The number of aliphatic hydroxyl groups is 1. The van der Waals surface area contributed by atoms with E-state index in [-0.39, 0.29) is 5.97 Å². The van der Waals surface area contributed by atoms with Crippen molar-refractivity contribution in [3.05, 3.63) is 61.2 Å². The molecule has 0 aliphatic heterocycles. The summed E-state index contributed by atoms with van der Waals surface area (Å²) >= 11 is 0. The number of hydrogen-bond acceptors (Lipinski definition) is 4. The molecule has 3 aromatic carbocycles. The van der Waals surface area contributed by atoms with Gasteiger partial charge in [0.05, 0.1) is 0 Å². The predicted octanol–water partition coefficient (Wildman–Crippen LogP) is 3.80. The Labute approximate surface area is 133 Å². The highest BCUT2D eigenvalue weighted by molar-refractivity contribution is 6.08. The number of esters is 1. The van der Waals surface area contributed by atoms with Crippen LogP contribution in [0.3, 0.4) is 0 Å². The number of aliphatic hydroxyl groups excluding tert-OH is 1. The largest absolute Gasteiger partial charge is 0.461 e. The molecule has 0 saturated heterocycles. The van der Waals surface area contributed by atoms with E-state index in [0.717, 1.165) is 21.5 Å². The van der Waals surface area contributed by atoms with Crippen LogP contribution in [0.2, 0.25) is 0 Å². The maximum atomic E-state index is 11.0. The van der Waals surface area contributed by atoms with Crippen LogP contribution in [0, 0.1) is 0 Å². The molecule has 0 aliphatic carbocycles. The highest BCUT2D eigenvalue weighted by atomic mass is 16.6. The van der Waals surface area contributed by atoms with Gasteiger partial charge in [-0.3, -0.25) is 4.79 Å². The van der Waals surface area contributed by atoms with Gasteiger partial charge in [0.15, 0.2) is 0 Å². The quantitative estimate of drug-likeness (QED) is 0.262. The molecule has 23 heavy (non-hydrogen) atoms. The summed E-state index contributed by atoms with van der Waals surface area (Å²) in [7, 11) is 0. The number of fused-ring (bicyclic) bond motifs is 3. The molecule has 0 heterocycles. The van der Waals surface area contributed by atoms with Gasteiger partial charge in [0, 0.05) is 6.92 Å². The summed E-state index contributed by atoms with van der Waals surface area (Å²) in [5.74, 6) is 0.756. The van der Waals surface area contributed by atoms with Gasteiger partial charge in [-0.2, -0.15) is 0 Å². The molecule has 3 rings (SSSR count). The van der Waals surface area contributed by atoms with Crippen molar-refractivity contribution in [1.29, 1.82) is 0 Å². The smallest absolute Gasteiger partial charge is 0.308 e. The molecule has 0 amide bonds. The molecular weight excluding hydrogens is 292 g/mol. The maximum Gasteiger partial charge on any atom is 0.308 e. The van der Waals surface area contributed by atoms with Crippen molar-refractivity contribution in [3.8, 4) is 11.5 Å². The van der Waals surface area contributed by atoms with Gasteiger partial charge in [-0.1, -0.05) is 30.8 Å².